The zero-order valence-corrected chi connectivity index (χ0v) is 23.0. The van der Waals surface area contributed by atoms with E-state index in [1.54, 1.807) is 23.9 Å². The van der Waals surface area contributed by atoms with E-state index < -0.39 is 42.0 Å². The molecule has 5 atom stereocenters. The molecule has 0 spiro atoms. The van der Waals surface area contributed by atoms with Crippen LogP contribution in [0.5, 0.6) is 5.75 Å². The van der Waals surface area contributed by atoms with Gasteiger partial charge in [-0.1, -0.05) is 26.0 Å². The van der Waals surface area contributed by atoms with Gasteiger partial charge >= 0.3 is 5.97 Å². The molecule has 1 aromatic rings. The number of nitrogens with two attached hydrogens (primary N) is 1. The van der Waals surface area contributed by atoms with Crippen LogP contribution >= 0.6 is 11.8 Å². The molecule has 12 heteroatoms. The van der Waals surface area contributed by atoms with Crippen molar-refractivity contribution in [3.63, 3.8) is 0 Å². The first-order valence-corrected chi connectivity index (χ1v) is 14.2. The molecular formula is C26H40N4O7S. The number of phenolic OH excluding ortho intramolecular Hbond substituents is 1. The highest BCUT2D eigenvalue weighted by atomic mass is 32.2. The number of carboxylic acids is 1. The molecule has 1 aliphatic rings. The molecule has 38 heavy (non-hydrogen) atoms. The van der Waals surface area contributed by atoms with Crippen molar-refractivity contribution < 1.29 is 34.1 Å². The van der Waals surface area contributed by atoms with E-state index in [-0.39, 0.29) is 43.1 Å². The first-order valence-electron chi connectivity index (χ1n) is 12.8. The van der Waals surface area contributed by atoms with Gasteiger partial charge in [0.25, 0.3) is 0 Å². The van der Waals surface area contributed by atoms with E-state index >= 15 is 0 Å². The van der Waals surface area contributed by atoms with Crippen molar-refractivity contribution in [2.75, 3.05) is 18.6 Å². The maximum Gasteiger partial charge on any atom is 0.326 e. The van der Waals surface area contributed by atoms with Gasteiger partial charge in [-0.3, -0.25) is 14.4 Å². The van der Waals surface area contributed by atoms with Gasteiger partial charge in [0.15, 0.2) is 0 Å². The van der Waals surface area contributed by atoms with Crippen molar-refractivity contribution in [2.24, 2.45) is 11.7 Å². The topological polar surface area (TPSA) is 180 Å². The summed E-state index contributed by atoms with van der Waals surface area (Å²) < 4.78 is 5.82. The highest BCUT2D eigenvalue weighted by molar-refractivity contribution is 7.98. The highest BCUT2D eigenvalue weighted by Crippen LogP contribution is 2.20. The van der Waals surface area contributed by atoms with E-state index in [0.717, 1.165) is 5.75 Å². The van der Waals surface area contributed by atoms with Crippen LogP contribution in [0, 0.1) is 5.92 Å². The predicted molar refractivity (Wildman–Crippen MR) is 145 cm³/mol. The number of carbonyl (C=O) groups excluding carboxylic acids is 3. The average Bonchev–Trinajstić information content (AvgIpc) is 3.35. The number of rotatable bonds is 15. The third-order valence-corrected chi connectivity index (χ3v) is 6.85. The Hall–Kier alpha value is -2.83. The van der Waals surface area contributed by atoms with Crippen LogP contribution in [0.2, 0.25) is 0 Å². The number of nitrogens with one attached hydrogen (secondary N) is 3. The van der Waals surface area contributed by atoms with Gasteiger partial charge in [0.1, 0.15) is 23.9 Å². The number of carboxylic acid groups (broad SMARTS) is 1. The molecule has 1 heterocycles. The van der Waals surface area contributed by atoms with E-state index in [0.29, 0.717) is 24.8 Å². The van der Waals surface area contributed by atoms with Gasteiger partial charge in [0, 0.05) is 13.0 Å². The zero-order chi connectivity index (χ0) is 28.2. The molecule has 2 unspecified atom stereocenters. The number of ether oxygens (including phenoxy) is 1. The summed E-state index contributed by atoms with van der Waals surface area (Å²) in [6.07, 6.45) is 2.60. The van der Waals surface area contributed by atoms with Crippen LogP contribution in [-0.2, 0) is 30.3 Å². The molecule has 0 bridgehead atoms. The molecule has 2 rings (SSSR count). The van der Waals surface area contributed by atoms with Crippen molar-refractivity contribution in [3.8, 4) is 5.75 Å². The lowest BCUT2D eigenvalue weighted by molar-refractivity contribution is -0.143. The summed E-state index contributed by atoms with van der Waals surface area (Å²) in [5, 5.41) is 27.1. The number of benzene rings is 1. The number of amides is 3. The maximum atomic E-state index is 13.1. The third kappa shape index (κ3) is 10.5. The third-order valence-electron chi connectivity index (χ3n) is 6.20. The zero-order valence-electron chi connectivity index (χ0n) is 22.1. The molecule has 1 fully saturated rings. The van der Waals surface area contributed by atoms with Crippen molar-refractivity contribution in [3.05, 3.63) is 29.8 Å². The SMILES string of the molecule is CSCC[C@H](N)C(=O)NCC1CCC(C(=O)N[C@@H](Cc2ccc(O)cc2)C(=O)N[C@@H](CC(C)C)C(=O)O)O1. The normalized spacial score (nSPS) is 19.4. The molecule has 0 radical (unpaired) electrons. The summed E-state index contributed by atoms with van der Waals surface area (Å²) in [5.74, 6) is -1.67. The number of aliphatic carboxylic acids is 1. The lowest BCUT2D eigenvalue weighted by Crippen LogP contribution is -2.54. The van der Waals surface area contributed by atoms with Crippen LogP contribution in [0.15, 0.2) is 24.3 Å². The summed E-state index contributed by atoms with van der Waals surface area (Å²) in [6.45, 7) is 3.93. The van der Waals surface area contributed by atoms with Gasteiger partial charge < -0.3 is 36.6 Å². The average molecular weight is 553 g/mol. The molecule has 1 saturated heterocycles. The molecule has 3 amide bonds. The van der Waals surface area contributed by atoms with Gasteiger partial charge in [-0.2, -0.15) is 11.8 Å². The molecular weight excluding hydrogens is 512 g/mol. The van der Waals surface area contributed by atoms with Gasteiger partial charge in [-0.15, -0.1) is 0 Å². The van der Waals surface area contributed by atoms with Crippen molar-refractivity contribution >= 4 is 35.5 Å². The molecule has 0 saturated carbocycles. The van der Waals surface area contributed by atoms with Gasteiger partial charge in [0.05, 0.1) is 12.1 Å². The Morgan fingerprint density at radius 1 is 1.08 bits per heavy atom. The van der Waals surface area contributed by atoms with Crippen LogP contribution in [0.25, 0.3) is 0 Å². The van der Waals surface area contributed by atoms with E-state index in [1.165, 1.54) is 12.1 Å². The van der Waals surface area contributed by atoms with Crippen LogP contribution in [0.1, 0.15) is 45.1 Å². The summed E-state index contributed by atoms with van der Waals surface area (Å²) in [6, 6.07) is 3.43. The number of thioether (sulfide) groups is 1. The molecule has 0 aliphatic carbocycles. The number of hydrogen-bond acceptors (Lipinski definition) is 8. The molecule has 1 aliphatic heterocycles. The second kappa shape index (κ2) is 15.6. The van der Waals surface area contributed by atoms with Crippen LogP contribution in [0.3, 0.4) is 0 Å². The summed E-state index contributed by atoms with van der Waals surface area (Å²) in [7, 11) is 0. The first kappa shape index (κ1) is 31.4. The van der Waals surface area contributed by atoms with E-state index in [9.17, 15) is 29.4 Å². The summed E-state index contributed by atoms with van der Waals surface area (Å²) >= 11 is 1.61. The highest BCUT2D eigenvalue weighted by Gasteiger charge is 2.34. The van der Waals surface area contributed by atoms with E-state index in [4.69, 9.17) is 10.5 Å². The Morgan fingerprint density at radius 3 is 2.37 bits per heavy atom. The van der Waals surface area contributed by atoms with Crippen LogP contribution in [-0.4, -0.2) is 82.8 Å². The van der Waals surface area contributed by atoms with Crippen molar-refractivity contribution in [2.45, 2.75) is 76.3 Å². The predicted octanol–water partition coefficient (Wildman–Crippen LogP) is 0.779. The van der Waals surface area contributed by atoms with Crippen molar-refractivity contribution in [1.82, 2.24) is 16.0 Å². The second-order valence-corrected chi connectivity index (χ2v) is 10.9. The van der Waals surface area contributed by atoms with Crippen LogP contribution in [0.4, 0.5) is 0 Å². The minimum atomic E-state index is -1.15. The fourth-order valence-corrected chi connectivity index (χ4v) is 4.57. The van der Waals surface area contributed by atoms with Gasteiger partial charge in [-0.25, -0.2) is 4.79 Å². The monoisotopic (exact) mass is 552 g/mol. The Kier molecular flexibility index (Phi) is 12.8. The molecule has 7 N–H and O–H groups in total. The maximum absolute atomic E-state index is 13.1. The van der Waals surface area contributed by atoms with Crippen molar-refractivity contribution in [1.29, 1.82) is 0 Å². The Labute approximate surface area is 227 Å². The number of phenols is 1. The lowest BCUT2D eigenvalue weighted by atomic mass is 10.0. The Morgan fingerprint density at radius 2 is 1.76 bits per heavy atom. The molecule has 11 nitrogen and oxygen atoms in total. The quantitative estimate of drug-likeness (QED) is 0.183. The smallest absolute Gasteiger partial charge is 0.326 e. The molecule has 212 valence electrons. The van der Waals surface area contributed by atoms with E-state index in [2.05, 4.69) is 16.0 Å². The summed E-state index contributed by atoms with van der Waals surface area (Å²) in [5.41, 5.74) is 6.55. The minimum absolute atomic E-state index is 0.0333. The van der Waals surface area contributed by atoms with Gasteiger partial charge in [0.2, 0.25) is 17.7 Å². The molecule has 1 aromatic carbocycles. The lowest BCUT2D eigenvalue weighted by Gasteiger charge is -2.24. The molecule has 0 aromatic heterocycles. The van der Waals surface area contributed by atoms with Gasteiger partial charge in [-0.05, 0) is 61.3 Å². The largest absolute Gasteiger partial charge is 0.508 e. The standard InChI is InChI=1S/C26H40N4O7S/c1-15(2)12-21(26(35)36)30-24(33)20(13-16-4-6-17(31)7-5-16)29-25(34)22-9-8-18(37-22)14-28-23(32)19(27)10-11-38-3/h4-7,15,18-22,31H,8-14,27H2,1-3H3,(H,28,32)(H,29,34)(H,30,33)(H,35,36)/t18?,19-,20-,21-,22?/m0/s1. The fraction of sp³-hybridized carbons (Fsp3) is 0.615. The Bertz CT molecular complexity index is 944. The first-order chi connectivity index (χ1) is 18.0. The fourth-order valence-electron chi connectivity index (χ4n) is 4.08. The second-order valence-electron chi connectivity index (χ2n) is 9.92. The minimum Gasteiger partial charge on any atom is -0.508 e. The van der Waals surface area contributed by atoms with E-state index in [1.807, 2.05) is 20.1 Å². The number of carbonyl (C=O) groups is 4. The number of aromatic hydroxyl groups is 1. The summed E-state index contributed by atoms with van der Waals surface area (Å²) in [4.78, 5) is 50.0. The Balaban J connectivity index is 2.01. The van der Waals surface area contributed by atoms with Crippen LogP contribution < -0.4 is 21.7 Å². The number of hydrogen-bond donors (Lipinski definition) is 6.